The Morgan fingerprint density at radius 2 is 2.00 bits per heavy atom. The van der Waals surface area contributed by atoms with E-state index in [0.29, 0.717) is 22.9 Å². The van der Waals surface area contributed by atoms with Crippen molar-refractivity contribution in [2.24, 2.45) is 7.05 Å². The second kappa shape index (κ2) is 4.71. The van der Waals surface area contributed by atoms with Crippen LogP contribution in [0.15, 0.2) is 24.4 Å². The summed E-state index contributed by atoms with van der Waals surface area (Å²) in [5.41, 5.74) is 0.428. The van der Waals surface area contributed by atoms with Gasteiger partial charge < -0.3 is 5.32 Å². The maximum Gasteiger partial charge on any atom is 0.163 e. The van der Waals surface area contributed by atoms with Gasteiger partial charge in [-0.3, -0.25) is 4.68 Å². The summed E-state index contributed by atoms with van der Waals surface area (Å²) in [4.78, 5) is 8.79. The Bertz CT molecular complexity index is 914. The lowest BCUT2D eigenvalue weighted by Gasteiger charge is -2.20. The summed E-state index contributed by atoms with van der Waals surface area (Å²) in [5, 5.41) is 8.26. The molecular weight excluding hydrogens is 300 g/mol. The van der Waals surface area contributed by atoms with Gasteiger partial charge >= 0.3 is 0 Å². The van der Waals surface area contributed by atoms with Gasteiger partial charge in [0.1, 0.15) is 23.3 Å². The Morgan fingerprint density at radius 1 is 1.22 bits per heavy atom. The minimum Gasteiger partial charge on any atom is -0.360 e. The van der Waals surface area contributed by atoms with Crippen LogP contribution < -0.4 is 5.32 Å². The van der Waals surface area contributed by atoms with Gasteiger partial charge in [0.2, 0.25) is 0 Å². The van der Waals surface area contributed by atoms with Gasteiger partial charge in [0.05, 0.1) is 17.1 Å². The highest BCUT2D eigenvalue weighted by molar-refractivity contribution is 5.87. The first-order chi connectivity index (χ1) is 11.0. The zero-order valence-electron chi connectivity index (χ0n) is 12.8. The number of aryl methyl sites for hydroxylation is 2. The molecule has 1 aliphatic rings. The highest BCUT2D eigenvalue weighted by atomic mass is 19.1. The van der Waals surface area contributed by atoms with Crippen LogP contribution in [0, 0.1) is 18.6 Å². The molecule has 1 fully saturated rings. The molecule has 0 amide bonds. The third kappa shape index (κ3) is 2.23. The molecule has 0 bridgehead atoms. The molecule has 0 saturated heterocycles. The van der Waals surface area contributed by atoms with Crippen molar-refractivity contribution in [1.29, 1.82) is 0 Å². The van der Waals surface area contributed by atoms with Crippen LogP contribution in [0.5, 0.6) is 0 Å². The number of hydrogen-bond donors (Lipinski definition) is 1. The quantitative estimate of drug-likeness (QED) is 0.807. The third-order valence-corrected chi connectivity index (χ3v) is 4.26. The molecule has 1 saturated carbocycles. The van der Waals surface area contributed by atoms with Crippen LogP contribution in [0.4, 0.5) is 14.6 Å². The Kier molecular flexibility index (Phi) is 2.88. The largest absolute Gasteiger partial charge is 0.360 e. The van der Waals surface area contributed by atoms with Crippen molar-refractivity contribution in [3.63, 3.8) is 0 Å². The average Bonchev–Trinajstić information content (AvgIpc) is 3.19. The Morgan fingerprint density at radius 3 is 2.74 bits per heavy atom. The number of nitrogens with one attached hydrogen (secondary N) is 1. The van der Waals surface area contributed by atoms with Crippen molar-refractivity contribution >= 4 is 16.9 Å². The maximum absolute atomic E-state index is 14.1. The fraction of sp³-hybridized carbons (Fsp3) is 0.312. The smallest absolute Gasteiger partial charge is 0.163 e. The number of hydrogen-bond acceptors (Lipinski definition) is 4. The normalized spacial score (nSPS) is 15.8. The lowest BCUT2D eigenvalue weighted by molar-refractivity contribution is 0.568. The van der Waals surface area contributed by atoms with Crippen molar-refractivity contribution in [2.45, 2.75) is 25.3 Å². The fourth-order valence-electron chi connectivity index (χ4n) is 2.90. The Labute approximate surface area is 131 Å². The number of fused-ring (bicyclic) bond motifs is 1. The maximum atomic E-state index is 14.1. The molecule has 2 heterocycles. The van der Waals surface area contributed by atoms with E-state index in [1.165, 1.54) is 6.07 Å². The SMILES string of the molecule is Cc1nc(NC2(c3cc(F)ccc3F)CC2)c2cnn(C)c2n1. The molecule has 0 atom stereocenters. The van der Waals surface area contributed by atoms with Gasteiger partial charge in [-0.2, -0.15) is 5.10 Å². The number of halogens is 2. The number of benzene rings is 1. The zero-order valence-corrected chi connectivity index (χ0v) is 12.8. The number of rotatable bonds is 3. The molecule has 1 aromatic carbocycles. The molecule has 118 valence electrons. The number of anilines is 1. The van der Waals surface area contributed by atoms with Gasteiger partial charge in [-0.1, -0.05) is 0 Å². The second-order valence-electron chi connectivity index (χ2n) is 5.96. The van der Waals surface area contributed by atoms with E-state index in [1.54, 1.807) is 24.9 Å². The van der Waals surface area contributed by atoms with Crippen LogP contribution in [-0.4, -0.2) is 19.7 Å². The molecule has 4 rings (SSSR count). The highest BCUT2D eigenvalue weighted by Crippen LogP contribution is 2.49. The minimum absolute atomic E-state index is 0.339. The van der Waals surface area contributed by atoms with Crippen LogP contribution in [0.2, 0.25) is 0 Å². The summed E-state index contributed by atoms with van der Waals surface area (Å²) in [6, 6.07) is 3.55. The molecule has 0 radical (unpaired) electrons. The molecule has 2 aromatic heterocycles. The molecule has 0 aliphatic heterocycles. The average molecular weight is 315 g/mol. The second-order valence-corrected chi connectivity index (χ2v) is 5.96. The van der Waals surface area contributed by atoms with E-state index >= 15 is 0 Å². The Hall–Kier alpha value is -2.57. The van der Waals surface area contributed by atoms with E-state index in [-0.39, 0.29) is 0 Å². The standard InChI is InChI=1S/C16H15F2N5/c1-9-20-14(11-8-19-23(2)15(11)21-9)22-16(5-6-16)12-7-10(17)3-4-13(12)18/h3-4,7-8H,5-6H2,1-2H3,(H,20,21,22). The summed E-state index contributed by atoms with van der Waals surface area (Å²) < 4.78 is 29.3. The van der Waals surface area contributed by atoms with Crippen LogP contribution in [0.25, 0.3) is 11.0 Å². The molecule has 1 aliphatic carbocycles. The van der Waals surface area contributed by atoms with Crippen LogP contribution in [-0.2, 0) is 12.6 Å². The Balaban J connectivity index is 1.80. The molecule has 23 heavy (non-hydrogen) atoms. The summed E-state index contributed by atoms with van der Waals surface area (Å²) in [5.74, 6) is 0.338. The van der Waals surface area contributed by atoms with Crippen molar-refractivity contribution in [3.05, 3.63) is 47.4 Å². The van der Waals surface area contributed by atoms with Gasteiger partial charge in [-0.05, 0) is 38.0 Å². The van der Waals surface area contributed by atoms with Crippen molar-refractivity contribution in [2.75, 3.05) is 5.32 Å². The molecule has 3 aromatic rings. The minimum atomic E-state index is -0.615. The summed E-state index contributed by atoms with van der Waals surface area (Å²) in [6.07, 6.45) is 3.12. The highest BCUT2D eigenvalue weighted by Gasteiger charge is 2.47. The number of aromatic nitrogens is 4. The summed E-state index contributed by atoms with van der Waals surface area (Å²) in [7, 11) is 1.80. The fourth-order valence-corrected chi connectivity index (χ4v) is 2.90. The van der Waals surface area contributed by atoms with Crippen LogP contribution in [0.3, 0.4) is 0 Å². The van der Waals surface area contributed by atoms with Gasteiger partial charge in [0.25, 0.3) is 0 Å². The molecule has 0 spiro atoms. The van der Waals surface area contributed by atoms with Gasteiger partial charge in [0, 0.05) is 12.6 Å². The zero-order chi connectivity index (χ0) is 16.2. The lowest BCUT2D eigenvalue weighted by Crippen LogP contribution is -2.22. The van der Waals surface area contributed by atoms with E-state index in [1.807, 2.05) is 0 Å². The number of nitrogens with zero attached hydrogens (tertiary/aromatic N) is 4. The van der Waals surface area contributed by atoms with Gasteiger partial charge in [-0.15, -0.1) is 0 Å². The molecular formula is C16H15F2N5. The van der Waals surface area contributed by atoms with Crippen molar-refractivity contribution in [3.8, 4) is 0 Å². The van der Waals surface area contributed by atoms with Crippen molar-refractivity contribution < 1.29 is 8.78 Å². The van der Waals surface area contributed by atoms with Crippen molar-refractivity contribution in [1.82, 2.24) is 19.7 Å². The first-order valence-electron chi connectivity index (χ1n) is 7.39. The molecule has 7 heteroatoms. The molecule has 1 N–H and O–H groups in total. The van der Waals surface area contributed by atoms with E-state index in [2.05, 4.69) is 20.4 Å². The van der Waals surface area contributed by atoms with E-state index in [0.717, 1.165) is 30.4 Å². The van der Waals surface area contributed by atoms with Gasteiger partial charge in [-0.25, -0.2) is 18.7 Å². The van der Waals surface area contributed by atoms with Crippen LogP contribution in [0.1, 0.15) is 24.2 Å². The van der Waals surface area contributed by atoms with Crippen LogP contribution >= 0.6 is 0 Å². The third-order valence-electron chi connectivity index (χ3n) is 4.26. The summed E-state index contributed by atoms with van der Waals surface area (Å²) in [6.45, 7) is 1.79. The predicted octanol–water partition coefficient (Wildman–Crippen LogP) is 3.05. The monoisotopic (exact) mass is 315 g/mol. The van der Waals surface area contributed by atoms with E-state index in [4.69, 9.17) is 0 Å². The lowest BCUT2D eigenvalue weighted by atomic mass is 10.0. The van der Waals surface area contributed by atoms with E-state index < -0.39 is 17.2 Å². The topological polar surface area (TPSA) is 55.6 Å². The molecule has 0 unspecified atom stereocenters. The summed E-state index contributed by atoms with van der Waals surface area (Å²) >= 11 is 0. The predicted molar refractivity (Wildman–Crippen MR) is 81.9 cm³/mol. The first kappa shape index (κ1) is 14.0. The van der Waals surface area contributed by atoms with Gasteiger partial charge in [0.15, 0.2) is 5.65 Å². The van der Waals surface area contributed by atoms with E-state index in [9.17, 15) is 8.78 Å². The molecule has 5 nitrogen and oxygen atoms in total. The first-order valence-corrected chi connectivity index (χ1v) is 7.39.